The first-order chi connectivity index (χ1) is 16.0. The van der Waals surface area contributed by atoms with Gasteiger partial charge in [-0.05, 0) is 66.9 Å². The molecule has 1 aliphatic heterocycles. The van der Waals surface area contributed by atoms with E-state index in [1.165, 1.54) is 12.1 Å². The summed E-state index contributed by atoms with van der Waals surface area (Å²) in [6.07, 6.45) is -0.537. The zero-order valence-electron chi connectivity index (χ0n) is 19.0. The van der Waals surface area contributed by atoms with Gasteiger partial charge in [-0.25, -0.2) is 4.39 Å². The molecule has 1 N–H and O–H groups in total. The first-order valence-corrected chi connectivity index (χ1v) is 11.1. The fraction of sp³-hybridized carbons (Fsp3) is 0.259. The van der Waals surface area contributed by atoms with E-state index in [9.17, 15) is 14.0 Å². The lowest BCUT2D eigenvalue weighted by atomic mass is 9.88. The number of benzene rings is 3. The van der Waals surface area contributed by atoms with Crippen molar-refractivity contribution in [2.75, 3.05) is 20.1 Å². The average Bonchev–Trinajstić information content (AvgIpc) is 3.23. The summed E-state index contributed by atoms with van der Waals surface area (Å²) in [4.78, 5) is 27.2. The molecule has 0 aromatic heterocycles. The van der Waals surface area contributed by atoms with Gasteiger partial charge >= 0.3 is 0 Å². The van der Waals surface area contributed by atoms with Gasteiger partial charge in [0.1, 0.15) is 23.6 Å². The average molecular weight is 447 g/mol. The predicted octanol–water partition coefficient (Wildman–Crippen LogP) is 4.94. The highest BCUT2D eigenvalue weighted by Crippen LogP contribution is 2.47. The number of likely N-dealkylation sites (N-methyl/N-ethyl adjacent to an activating group) is 1. The van der Waals surface area contributed by atoms with Crippen molar-refractivity contribution >= 4 is 11.8 Å². The zero-order chi connectivity index (χ0) is 23.5. The molecule has 0 spiro atoms. The Bertz CT molecular complexity index is 1150. The number of rotatable bonds is 6. The first-order valence-electron chi connectivity index (χ1n) is 11.1. The van der Waals surface area contributed by atoms with Crippen LogP contribution < -0.4 is 10.1 Å². The Morgan fingerprint density at radius 2 is 1.58 bits per heavy atom. The van der Waals surface area contributed by atoms with Crippen LogP contribution in [0.25, 0.3) is 11.1 Å². The highest BCUT2D eigenvalue weighted by molar-refractivity contribution is 5.94. The van der Waals surface area contributed by atoms with E-state index in [4.69, 9.17) is 4.74 Å². The summed E-state index contributed by atoms with van der Waals surface area (Å²) in [5.74, 6) is -0.416. The van der Waals surface area contributed by atoms with Crippen LogP contribution in [-0.2, 0) is 4.79 Å². The minimum Gasteiger partial charge on any atom is -0.484 e. The van der Waals surface area contributed by atoms with E-state index in [1.807, 2.05) is 56.3 Å². The van der Waals surface area contributed by atoms with Crippen molar-refractivity contribution in [3.05, 3.63) is 89.2 Å². The summed E-state index contributed by atoms with van der Waals surface area (Å²) in [5, 5.41) is 2.72. The second-order valence-corrected chi connectivity index (χ2v) is 7.99. The quantitative estimate of drug-likeness (QED) is 0.584. The molecule has 0 fully saturated rings. The normalized spacial score (nSPS) is 16.6. The van der Waals surface area contributed by atoms with Crippen LogP contribution in [-0.4, -0.2) is 36.9 Å². The molecule has 3 aromatic carbocycles. The van der Waals surface area contributed by atoms with Gasteiger partial charge in [-0.3, -0.25) is 9.59 Å². The predicted molar refractivity (Wildman–Crippen MR) is 126 cm³/mol. The van der Waals surface area contributed by atoms with Gasteiger partial charge in [0.2, 0.25) is 5.91 Å². The number of hydrogen-bond donors (Lipinski definition) is 1. The van der Waals surface area contributed by atoms with Gasteiger partial charge in [0.15, 0.2) is 0 Å². The van der Waals surface area contributed by atoms with Gasteiger partial charge < -0.3 is 15.0 Å². The van der Waals surface area contributed by atoms with E-state index >= 15 is 0 Å². The van der Waals surface area contributed by atoms with Crippen LogP contribution in [0.4, 0.5) is 4.39 Å². The number of halogens is 1. The van der Waals surface area contributed by atoms with Crippen molar-refractivity contribution in [1.29, 1.82) is 0 Å². The first kappa shape index (κ1) is 22.5. The van der Waals surface area contributed by atoms with Crippen molar-refractivity contribution in [2.24, 2.45) is 0 Å². The van der Waals surface area contributed by atoms with Crippen LogP contribution in [0, 0.1) is 5.82 Å². The SMILES string of the molecule is CCN(CC)C(=O)c1ccc(-c2ccc3c(c2)C(C(=O)NC)C(c2ccc(F)cc2)O3)cc1. The third kappa shape index (κ3) is 4.33. The zero-order valence-corrected chi connectivity index (χ0v) is 19.0. The number of hydrogen-bond acceptors (Lipinski definition) is 3. The van der Waals surface area contributed by atoms with Crippen molar-refractivity contribution < 1.29 is 18.7 Å². The largest absolute Gasteiger partial charge is 0.484 e. The van der Waals surface area contributed by atoms with Crippen LogP contribution in [0.15, 0.2) is 66.7 Å². The van der Waals surface area contributed by atoms with Gasteiger partial charge in [-0.1, -0.05) is 30.3 Å². The molecule has 6 heteroatoms. The van der Waals surface area contributed by atoms with E-state index in [-0.39, 0.29) is 17.6 Å². The minimum atomic E-state index is -0.557. The Kier molecular flexibility index (Phi) is 6.45. The van der Waals surface area contributed by atoms with Crippen LogP contribution in [0.1, 0.15) is 47.4 Å². The fourth-order valence-corrected chi connectivity index (χ4v) is 4.29. The monoisotopic (exact) mass is 446 g/mol. The molecule has 2 unspecified atom stereocenters. The number of amides is 2. The molecule has 1 heterocycles. The second-order valence-electron chi connectivity index (χ2n) is 7.99. The molecule has 4 rings (SSSR count). The fourth-order valence-electron chi connectivity index (χ4n) is 4.29. The standard InChI is InChI=1S/C27H27FN2O3/c1-4-30(5-2)27(32)19-8-6-17(7-9-19)20-12-15-23-22(16-20)24(26(31)29-3)25(33-23)18-10-13-21(28)14-11-18/h6-16,24-25H,4-5H2,1-3H3,(H,29,31). The Balaban J connectivity index is 1.66. The smallest absolute Gasteiger partial charge is 0.253 e. The maximum absolute atomic E-state index is 13.4. The lowest BCUT2D eigenvalue weighted by Gasteiger charge is -2.19. The van der Waals surface area contributed by atoms with E-state index in [1.54, 1.807) is 24.1 Å². The molecule has 2 amide bonds. The number of fused-ring (bicyclic) bond motifs is 1. The van der Waals surface area contributed by atoms with Gasteiger partial charge in [0, 0.05) is 31.3 Å². The summed E-state index contributed by atoms with van der Waals surface area (Å²) in [7, 11) is 1.59. The van der Waals surface area contributed by atoms with Crippen molar-refractivity contribution in [3.8, 4) is 16.9 Å². The topological polar surface area (TPSA) is 58.6 Å². The Morgan fingerprint density at radius 1 is 0.939 bits per heavy atom. The maximum atomic E-state index is 13.4. The molecule has 170 valence electrons. The summed E-state index contributed by atoms with van der Waals surface area (Å²) in [5.41, 5.74) is 4.03. The molecule has 5 nitrogen and oxygen atoms in total. The van der Waals surface area contributed by atoms with E-state index in [2.05, 4.69) is 5.32 Å². The van der Waals surface area contributed by atoms with Crippen molar-refractivity contribution in [3.63, 3.8) is 0 Å². The maximum Gasteiger partial charge on any atom is 0.253 e. The molecule has 0 aliphatic carbocycles. The Morgan fingerprint density at radius 3 is 2.18 bits per heavy atom. The molecular weight excluding hydrogens is 419 g/mol. The van der Waals surface area contributed by atoms with Crippen LogP contribution >= 0.6 is 0 Å². The summed E-state index contributed by atoms with van der Waals surface area (Å²) < 4.78 is 19.5. The Labute approximate surface area is 193 Å². The van der Waals surface area contributed by atoms with Crippen molar-refractivity contribution in [1.82, 2.24) is 10.2 Å². The second kappa shape index (κ2) is 9.45. The molecule has 0 saturated carbocycles. The van der Waals surface area contributed by atoms with Crippen LogP contribution in [0.5, 0.6) is 5.75 Å². The summed E-state index contributed by atoms with van der Waals surface area (Å²) in [6.45, 7) is 5.25. The minimum absolute atomic E-state index is 0.00993. The van der Waals surface area contributed by atoms with Gasteiger partial charge in [-0.15, -0.1) is 0 Å². The van der Waals surface area contributed by atoms with E-state index < -0.39 is 12.0 Å². The molecule has 2 atom stereocenters. The molecule has 0 saturated heterocycles. The van der Waals surface area contributed by atoms with E-state index in [0.717, 1.165) is 22.3 Å². The number of carbonyl (C=O) groups is 2. The number of carbonyl (C=O) groups excluding carboxylic acids is 2. The van der Waals surface area contributed by atoms with Gasteiger partial charge in [0.25, 0.3) is 5.91 Å². The molecule has 0 radical (unpaired) electrons. The lowest BCUT2D eigenvalue weighted by molar-refractivity contribution is -0.123. The lowest BCUT2D eigenvalue weighted by Crippen LogP contribution is -2.30. The summed E-state index contributed by atoms with van der Waals surface area (Å²) >= 11 is 0. The highest BCUT2D eigenvalue weighted by Gasteiger charge is 2.40. The number of ether oxygens (including phenoxy) is 1. The molecular formula is C27H27FN2O3. The Hall–Kier alpha value is -3.67. The third-order valence-electron chi connectivity index (χ3n) is 6.14. The molecule has 1 aliphatic rings. The molecule has 0 bridgehead atoms. The van der Waals surface area contributed by atoms with Crippen molar-refractivity contribution in [2.45, 2.75) is 25.9 Å². The van der Waals surface area contributed by atoms with Gasteiger partial charge in [-0.2, -0.15) is 0 Å². The van der Waals surface area contributed by atoms with E-state index in [0.29, 0.717) is 24.4 Å². The number of nitrogens with zero attached hydrogens (tertiary/aromatic N) is 1. The van der Waals surface area contributed by atoms with Crippen LogP contribution in [0.3, 0.4) is 0 Å². The molecule has 33 heavy (non-hydrogen) atoms. The number of nitrogens with one attached hydrogen (secondary N) is 1. The van der Waals surface area contributed by atoms with Gasteiger partial charge in [0.05, 0.1) is 0 Å². The highest BCUT2D eigenvalue weighted by atomic mass is 19.1. The summed E-state index contributed by atoms with van der Waals surface area (Å²) in [6, 6.07) is 19.3. The third-order valence-corrected chi connectivity index (χ3v) is 6.14. The van der Waals surface area contributed by atoms with Crippen LogP contribution in [0.2, 0.25) is 0 Å². The molecule has 3 aromatic rings.